The number of aromatic nitrogens is 1. The standard InChI is InChI=1S/C8H12FNS/c1-5-6(8(2,3)4)10-11-7(5)9/h1-4H3. The van der Waals surface area contributed by atoms with Crippen LogP contribution in [-0.2, 0) is 5.41 Å². The number of nitrogens with zero attached hydrogens (tertiary/aromatic N) is 1. The van der Waals surface area contributed by atoms with E-state index in [0.717, 1.165) is 17.2 Å². The Balaban J connectivity index is 3.15. The van der Waals surface area contributed by atoms with Crippen molar-refractivity contribution in [2.75, 3.05) is 0 Å². The Labute approximate surface area is 70.4 Å². The lowest BCUT2D eigenvalue weighted by Gasteiger charge is -2.15. The molecule has 0 aliphatic carbocycles. The Morgan fingerprint density at radius 2 is 1.91 bits per heavy atom. The Bertz CT molecular complexity index is 260. The maximum atomic E-state index is 12.8. The smallest absolute Gasteiger partial charge is 0.194 e. The largest absolute Gasteiger partial charge is 0.198 e. The Morgan fingerprint density at radius 1 is 1.36 bits per heavy atom. The fraction of sp³-hybridized carbons (Fsp3) is 0.625. The van der Waals surface area contributed by atoms with E-state index in [1.807, 2.05) is 20.8 Å². The van der Waals surface area contributed by atoms with E-state index in [0.29, 0.717) is 5.56 Å². The van der Waals surface area contributed by atoms with Crippen molar-refractivity contribution in [1.82, 2.24) is 4.37 Å². The molecule has 0 atom stereocenters. The van der Waals surface area contributed by atoms with E-state index < -0.39 is 0 Å². The van der Waals surface area contributed by atoms with Gasteiger partial charge in [0, 0.05) is 11.0 Å². The van der Waals surface area contributed by atoms with Gasteiger partial charge in [-0.2, -0.15) is 8.76 Å². The second-order valence-corrected chi connectivity index (χ2v) is 4.40. The summed E-state index contributed by atoms with van der Waals surface area (Å²) in [5.41, 5.74) is 1.53. The van der Waals surface area contributed by atoms with Crippen LogP contribution in [0.2, 0.25) is 0 Å². The molecule has 1 aromatic rings. The fourth-order valence-electron chi connectivity index (χ4n) is 1.02. The van der Waals surface area contributed by atoms with Gasteiger partial charge in [-0.1, -0.05) is 20.8 Å². The summed E-state index contributed by atoms with van der Waals surface area (Å²) >= 11 is 0.941. The summed E-state index contributed by atoms with van der Waals surface area (Å²) in [5.74, 6) is 0. The summed E-state index contributed by atoms with van der Waals surface area (Å²) in [4.78, 5) is 0. The Morgan fingerprint density at radius 3 is 2.09 bits per heavy atom. The van der Waals surface area contributed by atoms with Gasteiger partial charge < -0.3 is 0 Å². The van der Waals surface area contributed by atoms with Crippen molar-refractivity contribution in [3.63, 3.8) is 0 Å². The van der Waals surface area contributed by atoms with Gasteiger partial charge in [-0.15, -0.1) is 0 Å². The summed E-state index contributed by atoms with van der Waals surface area (Å²) in [7, 11) is 0. The highest BCUT2D eigenvalue weighted by atomic mass is 32.1. The van der Waals surface area contributed by atoms with Crippen LogP contribution < -0.4 is 0 Å². The lowest BCUT2D eigenvalue weighted by Crippen LogP contribution is -2.12. The van der Waals surface area contributed by atoms with Gasteiger partial charge in [0.2, 0.25) is 0 Å². The second kappa shape index (κ2) is 2.55. The van der Waals surface area contributed by atoms with E-state index in [1.165, 1.54) is 0 Å². The van der Waals surface area contributed by atoms with Gasteiger partial charge in [0.25, 0.3) is 0 Å². The van der Waals surface area contributed by atoms with E-state index in [-0.39, 0.29) is 10.5 Å². The van der Waals surface area contributed by atoms with E-state index >= 15 is 0 Å². The molecule has 0 N–H and O–H groups in total. The molecule has 1 heterocycles. The molecule has 62 valence electrons. The zero-order valence-corrected chi connectivity index (χ0v) is 8.05. The van der Waals surface area contributed by atoms with Gasteiger partial charge in [0.15, 0.2) is 5.13 Å². The molecule has 3 heteroatoms. The molecule has 0 fully saturated rings. The SMILES string of the molecule is Cc1c(C(C)(C)C)nsc1F. The van der Waals surface area contributed by atoms with E-state index in [4.69, 9.17) is 0 Å². The van der Waals surface area contributed by atoms with Crippen LogP contribution in [0.5, 0.6) is 0 Å². The van der Waals surface area contributed by atoms with Gasteiger partial charge in [-0.05, 0) is 18.5 Å². The second-order valence-electron chi connectivity index (χ2n) is 3.68. The highest BCUT2D eigenvalue weighted by molar-refractivity contribution is 7.04. The average Bonchev–Trinajstić information content (AvgIpc) is 2.11. The minimum atomic E-state index is -0.157. The van der Waals surface area contributed by atoms with E-state index in [2.05, 4.69) is 4.37 Å². The van der Waals surface area contributed by atoms with Gasteiger partial charge in [-0.3, -0.25) is 0 Å². The minimum absolute atomic E-state index is 0.0368. The maximum absolute atomic E-state index is 12.8. The number of hydrogen-bond acceptors (Lipinski definition) is 2. The molecule has 0 aromatic carbocycles. The van der Waals surface area contributed by atoms with Crippen LogP contribution in [0.15, 0.2) is 0 Å². The third kappa shape index (κ3) is 1.59. The monoisotopic (exact) mass is 173 g/mol. The fourth-order valence-corrected chi connectivity index (χ4v) is 1.83. The third-order valence-corrected chi connectivity index (χ3v) is 2.32. The predicted molar refractivity (Wildman–Crippen MR) is 45.5 cm³/mol. The van der Waals surface area contributed by atoms with Crippen molar-refractivity contribution in [2.45, 2.75) is 33.1 Å². The first-order valence-electron chi connectivity index (χ1n) is 3.55. The molecular weight excluding hydrogens is 161 g/mol. The summed E-state index contributed by atoms with van der Waals surface area (Å²) in [6, 6.07) is 0. The molecule has 0 saturated carbocycles. The first kappa shape index (κ1) is 8.65. The Hall–Kier alpha value is -0.440. The summed E-state index contributed by atoms with van der Waals surface area (Å²) in [5, 5.41) is -0.157. The van der Waals surface area contributed by atoms with Crippen LogP contribution in [0.3, 0.4) is 0 Å². The van der Waals surface area contributed by atoms with Crippen LogP contribution in [-0.4, -0.2) is 4.37 Å². The van der Waals surface area contributed by atoms with Crippen molar-refractivity contribution in [3.8, 4) is 0 Å². The molecule has 0 amide bonds. The van der Waals surface area contributed by atoms with Crippen LogP contribution in [0.4, 0.5) is 4.39 Å². The van der Waals surface area contributed by atoms with Crippen molar-refractivity contribution in [2.24, 2.45) is 0 Å². The first-order chi connectivity index (χ1) is 4.93. The minimum Gasteiger partial charge on any atom is -0.194 e. The summed E-state index contributed by atoms with van der Waals surface area (Å²) in [6.07, 6.45) is 0. The molecular formula is C8H12FNS. The van der Waals surface area contributed by atoms with Gasteiger partial charge >= 0.3 is 0 Å². The van der Waals surface area contributed by atoms with Crippen LogP contribution >= 0.6 is 11.5 Å². The normalized spacial score (nSPS) is 12.1. The summed E-state index contributed by atoms with van der Waals surface area (Å²) in [6.45, 7) is 7.89. The zero-order valence-electron chi connectivity index (χ0n) is 7.23. The zero-order chi connectivity index (χ0) is 8.65. The van der Waals surface area contributed by atoms with Gasteiger partial charge in [0.05, 0.1) is 5.69 Å². The maximum Gasteiger partial charge on any atom is 0.198 e. The molecule has 0 radical (unpaired) electrons. The molecule has 0 aliphatic rings. The van der Waals surface area contributed by atoms with Crippen LogP contribution in [0.25, 0.3) is 0 Å². The molecule has 0 unspecified atom stereocenters. The summed E-state index contributed by atoms with van der Waals surface area (Å²) < 4.78 is 16.9. The Kier molecular flexibility index (Phi) is 2.01. The molecule has 1 nitrogen and oxygen atoms in total. The third-order valence-electron chi connectivity index (χ3n) is 1.58. The lowest BCUT2D eigenvalue weighted by molar-refractivity contribution is 0.563. The molecule has 0 saturated heterocycles. The van der Waals surface area contributed by atoms with Crippen molar-refractivity contribution < 1.29 is 4.39 Å². The molecule has 0 aliphatic heterocycles. The van der Waals surface area contributed by atoms with Crippen molar-refractivity contribution >= 4 is 11.5 Å². The van der Waals surface area contributed by atoms with Crippen LogP contribution in [0.1, 0.15) is 32.0 Å². The lowest BCUT2D eigenvalue weighted by atomic mass is 9.90. The van der Waals surface area contributed by atoms with Crippen molar-refractivity contribution in [1.29, 1.82) is 0 Å². The molecule has 0 spiro atoms. The van der Waals surface area contributed by atoms with E-state index in [9.17, 15) is 4.39 Å². The van der Waals surface area contributed by atoms with E-state index in [1.54, 1.807) is 6.92 Å². The highest BCUT2D eigenvalue weighted by Crippen LogP contribution is 2.27. The van der Waals surface area contributed by atoms with Gasteiger partial charge in [-0.25, -0.2) is 0 Å². The molecule has 0 bridgehead atoms. The topological polar surface area (TPSA) is 12.9 Å². The quantitative estimate of drug-likeness (QED) is 0.588. The molecule has 1 aromatic heterocycles. The molecule has 11 heavy (non-hydrogen) atoms. The van der Waals surface area contributed by atoms with Gasteiger partial charge in [0.1, 0.15) is 0 Å². The van der Waals surface area contributed by atoms with Crippen LogP contribution in [0, 0.1) is 12.1 Å². The highest BCUT2D eigenvalue weighted by Gasteiger charge is 2.21. The van der Waals surface area contributed by atoms with Crippen molar-refractivity contribution in [3.05, 3.63) is 16.4 Å². The number of hydrogen-bond donors (Lipinski definition) is 0. The first-order valence-corrected chi connectivity index (χ1v) is 4.32. The molecule has 1 rings (SSSR count). The number of halogens is 1. The number of rotatable bonds is 0. The predicted octanol–water partition coefficient (Wildman–Crippen LogP) is 2.89. The average molecular weight is 173 g/mol.